The van der Waals surface area contributed by atoms with Gasteiger partial charge in [-0.1, -0.05) is 81.5 Å². The maximum absolute atomic E-state index is 10.3. The van der Waals surface area contributed by atoms with E-state index in [1.165, 1.54) is 0 Å². The highest BCUT2D eigenvalue weighted by Crippen LogP contribution is 2.38. The van der Waals surface area contributed by atoms with E-state index in [9.17, 15) is 5.11 Å². The Morgan fingerprint density at radius 2 is 1.54 bits per heavy atom. The van der Waals surface area contributed by atoms with Gasteiger partial charge in [0.2, 0.25) is 0 Å². The molecule has 0 aromatic heterocycles. The molecule has 24 heavy (non-hydrogen) atoms. The van der Waals surface area contributed by atoms with Crippen LogP contribution in [0.4, 0.5) is 0 Å². The first-order valence-corrected chi connectivity index (χ1v) is 11.3. The Morgan fingerprint density at radius 1 is 0.958 bits per heavy atom. The number of para-hydroxylation sites is 1. The third kappa shape index (κ3) is 4.59. The molecule has 2 rings (SSSR count). The predicted molar refractivity (Wildman–Crippen MR) is 105 cm³/mol. The minimum absolute atomic E-state index is 0.146. The first-order valence-electron chi connectivity index (χ1n) is 8.40. The minimum atomic E-state index is -1.89. The van der Waals surface area contributed by atoms with E-state index in [2.05, 4.69) is 33.9 Å². The summed E-state index contributed by atoms with van der Waals surface area (Å²) in [7, 11) is -1.89. The van der Waals surface area contributed by atoms with Crippen LogP contribution in [0.1, 0.15) is 38.0 Å². The second-order valence-corrected chi connectivity index (χ2v) is 12.3. The third-order valence-corrected chi connectivity index (χ3v) is 9.03. The van der Waals surface area contributed by atoms with Crippen LogP contribution in [-0.2, 0) is 0 Å². The molecule has 128 valence electrons. The zero-order valence-electron chi connectivity index (χ0n) is 15.3. The second-order valence-electron chi connectivity index (χ2n) is 7.61. The fourth-order valence-electron chi connectivity index (χ4n) is 2.10. The standard InChI is InChI=1S/C21H28O2Si/c1-21(2,3)24(4,5)23-20-14-10-9-13-18(20)15-16-19(22)17-11-7-6-8-12-17/h6-16,19,22H,1-5H3/b16-15+. The number of aliphatic hydroxyl groups excluding tert-OH is 1. The summed E-state index contributed by atoms with van der Waals surface area (Å²) >= 11 is 0. The summed E-state index contributed by atoms with van der Waals surface area (Å²) in [5.41, 5.74) is 1.88. The topological polar surface area (TPSA) is 29.5 Å². The summed E-state index contributed by atoms with van der Waals surface area (Å²) in [5, 5.41) is 10.5. The molecule has 0 spiro atoms. The first-order chi connectivity index (χ1) is 11.2. The minimum Gasteiger partial charge on any atom is -0.543 e. The van der Waals surface area contributed by atoms with Crippen LogP contribution in [-0.4, -0.2) is 13.4 Å². The van der Waals surface area contributed by atoms with E-state index in [1.54, 1.807) is 0 Å². The highest BCUT2D eigenvalue weighted by Gasteiger charge is 2.39. The van der Waals surface area contributed by atoms with Gasteiger partial charge in [0, 0.05) is 5.56 Å². The van der Waals surface area contributed by atoms with Gasteiger partial charge in [-0.25, -0.2) is 0 Å². The summed E-state index contributed by atoms with van der Waals surface area (Å²) in [6.45, 7) is 11.2. The van der Waals surface area contributed by atoms with Crippen LogP contribution >= 0.6 is 0 Å². The van der Waals surface area contributed by atoms with Gasteiger partial charge >= 0.3 is 0 Å². The molecule has 0 bridgehead atoms. The van der Waals surface area contributed by atoms with Crippen molar-refractivity contribution in [3.05, 3.63) is 71.8 Å². The third-order valence-electron chi connectivity index (χ3n) is 4.69. The Hall–Kier alpha value is -1.84. The van der Waals surface area contributed by atoms with E-state index in [-0.39, 0.29) is 5.04 Å². The second kappa shape index (κ2) is 7.37. The molecule has 2 nitrogen and oxygen atoms in total. The fraction of sp³-hybridized carbons (Fsp3) is 0.333. The predicted octanol–water partition coefficient (Wildman–Crippen LogP) is 5.82. The monoisotopic (exact) mass is 340 g/mol. The van der Waals surface area contributed by atoms with Crippen molar-refractivity contribution in [3.63, 3.8) is 0 Å². The van der Waals surface area contributed by atoms with Crippen molar-refractivity contribution in [2.24, 2.45) is 0 Å². The molecular formula is C21H28O2Si. The molecule has 0 saturated heterocycles. The van der Waals surface area contributed by atoms with Crippen LogP contribution < -0.4 is 4.43 Å². The van der Waals surface area contributed by atoms with E-state index >= 15 is 0 Å². The van der Waals surface area contributed by atoms with Crippen LogP contribution in [0.25, 0.3) is 6.08 Å². The lowest BCUT2D eigenvalue weighted by Gasteiger charge is -2.36. The van der Waals surface area contributed by atoms with Gasteiger partial charge < -0.3 is 9.53 Å². The zero-order chi connectivity index (χ0) is 17.8. The Kier molecular flexibility index (Phi) is 5.68. The number of benzene rings is 2. The van der Waals surface area contributed by atoms with Gasteiger partial charge in [-0.2, -0.15) is 0 Å². The molecule has 3 heteroatoms. The summed E-state index contributed by atoms with van der Waals surface area (Å²) in [5.74, 6) is 0.889. The SMILES string of the molecule is CC(C)(C)[Si](C)(C)Oc1ccccc1/C=C/C(O)c1ccccc1. The Morgan fingerprint density at radius 3 is 2.17 bits per heavy atom. The van der Waals surface area contributed by atoms with Crippen LogP contribution in [0, 0.1) is 0 Å². The van der Waals surface area contributed by atoms with Crippen molar-refractivity contribution in [2.45, 2.75) is 45.0 Å². The van der Waals surface area contributed by atoms with Gasteiger partial charge in [-0.3, -0.25) is 0 Å². The molecule has 0 amide bonds. The molecule has 0 saturated carbocycles. The molecule has 0 fully saturated rings. The lowest BCUT2D eigenvalue weighted by molar-refractivity contribution is 0.229. The molecule has 0 radical (unpaired) electrons. The molecule has 2 aromatic carbocycles. The maximum atomic E-state index is 10.3. The van der Waals surface area contributed by atoms with Gasteiger partial charge in [0.15, 0.2) is 0 Å². The van der Waals surface area contributed by atoms with Crippen molar-refractivity contribution in [1.29, 1.82) is 0 Å². The molecule has 0 aliphatic heterocycles. The summed E-state index contributed by atoms with van der Waals surface area (Å²) < 4.78 is 6.44. The summed E-state index contributed by atoms with van der Waals surface area (Å²) in [6.07, 6.45) is 3.13. The molecular weight excluding hydrogens is 312 g/mol. The molecule has 1 unspecified atom stereocenters. The average molecular weight is 341 g/mol. The van der Waals surface area contributed by atoms with Crippen LogP contribution in [0.3, 0.4) is 0 Å². The Labute approximate surface area is 146 Å². The molecule has 1 atom stereocenters. The first kappa shape index (κ1) is 18.5. The highest BCUT2D eigenvalue weighted by molar-refractivity contribution is 6.74. The number of hydrogen-bond donors (Lipinski definition) is 1. The maximum Gasteiger partial charge on any atom is 0.250 e. The quantitative estimate of drug-likeness (QED) is 0.695. The molecule has 0 aliphatic carbocycles. The molecule has 2 aromatic rings. The van der Waals surface area contributed by atoms with Gasteiger partial charge in [0.1, 0.15) is 5.75 Å². The van der Waals surface area contributed by atoms with Gasteiger partial charge in [-0.15, -0.1) is 0 Å². The highest BCUT2D eigenvalue weighted by atomic mass is 28.4. The van der Waals surface area contributed by atoms with Crippen LogP contribution in [0.2, 0.25) is 18.1 Å². The number of aliphatic hydroxyl groups is 1. The van der Waals surface area contributed by atoms with Crippen molar-refractivity contribution in [1.82, 2.24) is 0 Å². The van der Waals surface area contributed by atoms with E-state index in [4.69, 9.17) is 4.43 Å². The van der Waals surface area contributed by atoms with Gasteiger partial charge in [0.25, 0.3) is 8.32 Å². The zero-order valence-corrected chi connectivity index (χ0v) is 16.3. The Bertz CT molecular complexity index is 684. The van der Waals surface area contributed by atoms with E-state index in [1.807, 2.05) is 66.7 Å². The smallest absolute Gasteiger partial charge is 0.250 e. The summed E-state index contributed by atoms with van der Waals surface area (Å²) in [6, 6.07) is 17.7. The molecule has 1 N–H and O–H groups in total. The molecule has 0 aliphatic rings. The van der Waals surface area contributed by atoms with Crippen LogP contribution in [0.15, 0.2) is 60.7 Å². The van der Waals surface area contributed by atoms with Crippen molar-refractivity contribution >= 4 is 14.4 Å². The lowest BCUT2D eigenvalue weighted by atomic mass is 10.1. The van der Waals surface area contributed by atoms with Gasteiger partial charge in [0.05, 0.1) is 6.10 Å². The van der Waals surface area contributed by atoms with E-state index in [0.717, 1.165) is 16.9 Å². The molecule has 0 heterocycles. The van der Waals surface area contributed by atoms with Crippen molar-refractivity contribution in [2.75, 3.05) is 0 Å². The van der Waals surface area contributed by atoms with Crippen LogP contribution in [0.5, 0.6) is 5.75 Å². The van der Waals surface area contributed by atoms with E-state index in [0.29, 0.717) is 0 Å². The largest absolute Gasteiger partial charge is 0.543 e. The average Bonchev–Trinajstić information content (AvgIpc) is 2.53. The van der Waals surface area contributed by atoms with Gasteiger partial charge in [-0.05, 0) is 29.8 Å². The normalized spacial score (nSPS) is 13.9. The van der Waals surface area contributed by atoms with Crippen molar-refractivity contribution < 1.29 is 9.53 Å². The van der Waals surface area contributed by atoms with E-state index < -0.39 is 14.4 Å². The lowest BCUT2D eigenvalue weighted by Crippen LogP contribution is -2.44. The van der Waals surface area contributed by atoms with Crippen molar-refractivity contribution in [3.8, 4) is 5.75 Å². The number of rotatable bonds is 5. The number of hydrogen-bond acceptors (Lipinski definition) is 2. The fourth-order valence-corrected chi connectivity index (χ4v) is 3.14. The Balaban J connectivity index is 2.22. The summed E-state index contributed by atoms with van der Waals surface area (Å²) in [4.78, 5) is 0.